The lowest BCUT2D eigenvalue weighted by Crippen LogP contribution is -2.05. The molecule has 0 N–H and O–H groups in total. The molecule has 96 valence electrons. The number of hydrogen-bond acceptors (Lipinski definition) is 3. The summed E-state index contributed by atoms with van der Waals surface area (Å²) in [5, 5.41) is 0. The van der Waals surface area contributed by atoms with Crippen LogP contribution in [0.15, 0.2) is 39.2 Å². The first kappa shape index (κ1) is 13.9. The molecular weight excluding hydrogens is 344 g/mol. The number of hydrogen-bond donors (Lipinski definition) is 0. The van der Waals surface area contributed by atoms with E-state index in [1.165, 1.54) is 11.3 Å². The highest BCUT2D eigenvalue weighted by atomic mass is 79.9. The Labute approximate surface area is 118 Å². The number of halogens is 3. The predicted molar refractivity (Wildman–Crippen MR) is 73.5 cm³/mol. The van der Waals surface area contributed by atoms with Crippen molar-refractivity contribution in [3.8, 4) is 0 Å². The monoisotopic (exact) mass is 351 g/mol. The summed E-state index contributed by atoms with van der Waals surface area (Å²) in [6.07, 6.45) is -0.864. The lowest BCUT2D eigenvalue weighted by Gasteiger charge is -2.03. The molecule has 0 spiro atoms. The molecule has 0 saturated heterocycles. The second-order valence-electron chi connectivity index (χ2n) is 3.42. The smallest absolute Gasteiger partial charge is 0.302 e. The van der Waals surface area contributed by atoms with Crippen molar-refractivity contribution in [2.75, 3.05) is 5.75 Å². The van der Waals surface area contributed by atoms with Crippen LogP contribution in [0.1, 0.15) is 6.42 Å². The van der Waals surface area contributed by atoms with Gasteiger partial charge >= 0.3 is 4.34 Å². The van der Waals surface area contributed by atoms with Gasteiger partial charge in [0.2, 0.25) is 0 Å². The molecule has 0 amide bonds. The summed E-state index contributed by atoms with van der Waals surface area (Å²) >= 11 is 3.34. The maximum atomic E-state index is 11.9. The first-order valence-electron chi connectivity index (χ1n) is 5.02. The molecule has 1 atom stereocenters. The van der Waals surface area contributed by atoms with Gasteiger partial charge in [0.15, 0.2) is 0 Å². The van der Waals surface area contributed by atoms with Gasteiger partial charge in [-0.2, -0.15) is 13.8 Å². The maximum absolute atomic E-state index is 11.9. The number of rotatable bonds is 4. The highest BCUT2D eigenvalue weighted by molar-refractivity contribution is 9.10. The Morgan fingerprint density at radius 2 is 2.28 bits per heavy atom. The van der Waals surface area contributed by atoms with E-state index in [9.17, 15) is 13.3 Å². The first-order valence-corrected chi connectivity index (χ1v) is 7.95. The van der Waals surface area contributed by atoms with Crippen molar-refractivity contribution in [1.29, 1.82) is 0 Å². The summed E-state index contributed by atoms with van der Waals surface area (Å²) in [6.45, 7) is 0. The van der Waals surface area contributed by atoms with Crippen LogP contribution in [0.4, 0.5) is 8.78 Å². The molecule has 2 nitrogen and oxygen atoms in total. The van der Waals surface area contributed by atoms with Crippen molar-refractivity contribution in [2.45, 2.75) is 10.8 Å². The number of benzene rings is 1. The molecule has 1 heterocycles. The van der Waals surface area contributed by atoms with Gasteiger partial charge in [0, 0.05) is 22.1 Å². The van der Waals surface area contributed by atoms with Crippen LogP contribution in [0.2, 0.25) is 0 Å². The zero-order valence-electron chi connectivity index (χ0n) is 9.03. The van der Waals surface area contributed by atoms with Gasteiger partial charge in [-0.25, -0.2) is 0 Å². The molecule has 1 aromatic heterocycles. The molecule has 0 aliphatic carbocycles. The van der Waals surface area contributed by atoms with Crippen LogP contribution < -0.4 is 0 Å². The van der Waals surface area contributed by atoms with Crippen LogP contribution in [0.3, 0.4) is 0 Å². The third-order valence-electron chi connectivity index (χ3n) is 2.13. The lowest BCUT2D eigenvalue weighted by atomic mass is 10.3. The molecule has 0 bridgehead atoms. The number of allylic oxidation sites excluding steroid dienone is 1. The average Bonchev–Trinajstić information content (AvgIpc) is 2.71. The standard InChI is InChI=1S/C11H8BrF2NOS2/c12-7-3-4-9-8(6-7)15-11(17-9)18(16)5-1-2-10(13)14/h2-4,6H,1,5H2. The minimum Gasteiger partial charge on any atom is -0.610 e. The van der Waals surface area contributed by atoms with Gasteiger partial charge < -0.3 is 4.55 Å². The van der Waals surface area contributed by atoms with Crippen LogP contribution in [0.5, 0.6) is 0 Å². The molecule has 2 aromatic rings. The van der Waals surface area contributed by atoms with E-state index >= 15 is 0 Å². The first-order chi connectivity index (χ1) is 8.56. The number of thiazole rings is 1. The molecule has 1 unspecified atom stereocenters. The fourth-order valence-corrected chi connectivity index (χ4v) is 3.96. The number of nitrogens with zero attached hydrogens (tertiary/aromatic N) is 1. The van der Waals surface area contributed by atoms with Crippen molar-refractivity contribution >= 4 is 48.7 Å². The lowest BCUT2D eigenvalue weighted by molar-refractivity contribution is 0.418. The Morgan fingerprint density at radius 3 is 3.00 bits per heavy atom. The van der Waals surface area contributed by atoms with Gasteiger partial charge in [-0.1, -0.05) is 27.3 Å². The second kappa shape index (κ2) is 6.10. The summed E-state index contributed by atoms with van der Waals surface area (Å²) in [7, 11) is 0. The van der Waals surface area contributed by atoms with Crippen LogP contribution in [-0.4, -0.2) is 15.3 Å². The molecule has 0 radical (unpaired) electrons. The highest BCUT2D eigenvalue weighted by Gasteiger charge is 2.16. The zero-order chi connectivity index (χ0) is 13.1. The topological polar surface area (TPSA) is 36.0 Å². The summed E-state index contributed by atoms with van der Waals surface area (Å²) in [5.74, 6) is 0.165. The van der Waals surface area contributed by atoms with E-state index in [0.717, 1.165) is 20.8 Å². The SMILES string of the molecule is [O-][S+](CCC=C(F)F)c1nc2cc(Br)ccc2s1. The second-order valence-corrected chi connectivity index (χ2v) is 7.11. The fourth-order valence-electron chi connectivity index (χ4n) is 1.34. The van der Waals surface area contributed by atoms with Crippen LogP contribution >= 0.6 is 27.3 Å². The molecule has 0 aliphatic heterocycles. The van der Waals surface area contributed by atoms with E-state index in [2.05, 4.69) is 20.9 Å². The van der Waals surface area contributed by atoms with Gasteiger partial charge in [0.1, 0.15) is 5.75 Å². The maximum Gasteiger partial charge on any atom is 0.302 e. The van der Waals surface area contributed by atoms with Gasteiger partial charge in [-0.05, 0) is 24.3 Å². The Hall–Kier alpha value is -0.500. The van der Waals surface area contributed by atoms with E-state index in [-0.39, 0.29) is 12.2 Å². The summed E-state index contributed by atoms with van der Waals surface area (Å²) in [6, 6.07) is 5.61. The van der Waals surface area contributed by atoms with Gasteiger partial charge in [0.05, 0.1) is 10.2 Å². The average molecular weight is 352 g/mol. The Bertz CT molecular complexity index is 583. The van der Waals surface area contributed by atoms with Crippen LogP contribution in [0, 0.1) is 0 Å². The third kappa shape index (κ3) is 3.50. The van der Waals surface area contributed by atoms with Gasteiger partial charge in [-0.15, -0.1) is 0 Å². The zero-order valence-corrected chi connectivity index (χ0v) is 12.2. The minimum atomic E-state index is -1.74. The van der Waals surface area contributed by atoms with Gasteiger partial charge in [0.25, 0.3) is 6.08 Å². The van der Waals surface area contributed by atoms with Crippen molar-refractivity contribution < 1.29 is 13.3 Å². The Balaban J connectivity index is 2.13. The molecule has 0 fully saturated rings. The molecule has 7 heteroatoms. The summed E-state index contributed by atoms with van der Waals surface area (Å²) in [4.78, 5) is 4.25. The molecule has 18 heavy (non-hydrogen) atoms. The summed E-state index contributed by atoms with van der Waals surface area (Å²) in [5.41, 5.74) is 0.768. The van der Waals surface area contributed by atoms with E-state index in [0.29, 0.717) is 4.34 Å². The molecule has 2 rings (SSSR count). The Kier molecular flexibility index (Phi) is 4.71. The Morgan fingerprint density at radius 1 is 1.50 bits per heavy atom. The van der Waals surface area contributed by atoms with E-state index in [1.807, 2.05) is 18.2 Å². The molecular formula is C11H8BrF2NOS2. The normalized spacial score (nSPS) is 12.7. The van der Waals surface area contributed by atoms with Crippen molar-refractivity contribution in [3.05, 3.63) is 34.8 Å². The summed E-state index contributed by atoms with van der Waals surface area (Å²) < 4.78 is 37.9. The van der Waals surface area contributed by atoms with E-state index in [4.69, 9.17) is 0 Å². The molecule has 0 aliphatic rings. The quantitative estimate of drug-likeness (QED) is 0.768. The number of fused-ring (bicyclic) bond motifs is 1. The van der Waals surface area contributed by atoms with E-state index in [1.54, 1.807) is 0 Å². The predicted octanol–water partition coefficient (Wildman–Crippen LogP) is 4.34. The molecule has 1 aromatic carbocycles. The van der Waals surface area contributed by atoms with Crippen molar-refractivity contribution in [3.63, 3.8) is 0 Å². The number of aromatic nitrogens is 1. The van der Waals surface area contributed by atoms with E-state index < -0.39 is 17.3 Å². The van der Waals surface area contributed by atoms with Crippen LogP contribution in [-0.2, 0) is 11.2 Å². The molecule has 0 saturated carbocycles. The third-order valence-corrected chi connectivity index (χ3v) is 5.35. The van der Waals surface area contributed by atoms with Crippen LogP contribution in [0.25, 0.3) is 10.2 Å². The fraction of sp³-hybridized carbons (Fsp3) is 0.182. The van der Waals surface area contributed by atoms with Crippen molar-refractivity contribution in [2.24, 2.45) is 0 Å². The van der Waals surface area contributed by atoms with Crippen molar-refractivity contribution in [1.82, 2.24) is 4.98 Å². The highest BCUT2D eigenvalue weighted by Crippen LogP contribution is 2.28. The largest absolute Gasteiger partial charge is 0.610 e. The minimum absolute atomic E-state index is 0.0918. The van der Waals surface area contributed by atoms with Gasteiger partial charge in [-0.3, -0.25) is 0 Å².